The van der Waals surface area contributed by atoms with E-state index >= 15 is 0 Å². The van der Waals surface area contributed by atoms with Crippen LogP contribution in [0.5, 0.6) is 11.5 Å². The molecule has 0 bridgehead atoms. The van der Waals surface area contributed by atoms with Gasteiger partial charge in [-0.05, 0) is 61.4 Å². The molecule has 0 fully saturated rings. The second kappa shape index (κ2) is 9.15. The van der Waals surface area contributed by atoms with Crippen molar-refractivity contribution in [2.45, 2.75) is 30.9 Å². The minimum absolute atomic E-state index is 0.105. The summed E-state index contributed by atoms with van der Waals surface area (Å²) in [5.74, 6) is 0.526. The Kier molecular flexibility index (Phi) is 6.29. The van der Waals surface area contributed by atoms with E-state index in [4.69, 9.17) is 9.47 Å². The lowest BCUT2D eigenvalue weighted by Gasteiger charge is -2.35. The lowest BCUT2D eigenvalue weighted by atomic mass is 10.1. The number of sulfonamides is 1. The van der Waals surface area contributed by atoms with Gasteiger partial charge in [0, 0.05) is 0 Å². The van der Waals surface area contributed by atoms with E-state index in [1.54, 1.807) is 24.3 Å². The van der Waals surface area contributed by atoms with Crippen molar-refractivity contribution in [3.8, 4) is 11.5 Å². The normalized spacial score (nSPS) is 16.3. The summed E-state index contributed by atoms with van der Waals surface area (Å²) in [4.78, 5) is 13.2. The largest absolute Gasteiger partial charge is 0.497 e. The van der Waals surface area contributed by atoms with Gasteiger partial charge in [0.05, 0.1) is 30.3 Å². The Labute approximate surface area is 194 Å². The number of benzene rings is 3. The molecule has 0 spiro atoms. The summed E-state index contributed by atoms with van der Waals surface area (Å²) in [6.45, 7) is 3.62. The summed E-state index contributed by atoms with van der Waals surface area (Å²) in [5.41, 5.74) is 2.24. The highest BCUT2D eigenvalue weighted by atomic mass is 32.2. The topological polar surface area (TPSA) is 84.9 Å². The smallest absolute Gasteiger partial charge is 0.264 e. The van der Waals surface area contributed by atoms with Crippen molar-refractivity contribution in [2.24, 2.45) is 0 Å². The lowest BCUT2D eigenvalue weighted by molar-refractivity contribution is -0.128. The van der Waals surface area contributed by atoms with Crippen LogP contribution >= 0.6 is 0 Å². The molecule has 0 aromatic heterocycles. The second-order valence-corrected chi connectivity index (χ2v) is 9.79. The van der Waals surface area contributed by atoms with Gasteiger partial charge in [0.15, 0.2) is 6.10 Å². The molecule has 0 unspecified atom stereocenters. The number of carbonyl (C=O) groups is 1. The van der Waals surface area contributed by atoms with Crippen molar-refractivity contribution in [1.82, 2.24) is 5.32 Å². The SMILES string of the molecule is COc1ccc(S(=O)(=O)N2C[C@H](C(=O)N[C@@H](C)c3ccccc3)Oc3cc(C)ccc32)cc1. The highest BCUT2D eigenvalue weighted by Gasteiger charge is 2.38. The number of anilines is 1. The number of methoxy groups -OCH3 is 1. The summed E-state index contributed by atoms with van der Waals surface area (Å²) >= 11 is 0. The number of aryl methyl sites for hydroxylation is 1. The van der Waals surface area contributed by atoms with Gasteiger partial charge in [-0.1, -0.05) is 36.4 Å². The van der Waals surface area contributed by atoms with Crippen LogP contribution in [0.2, 0.25) is 0 Å². The van der Waals surface area contributed by atoms with Gasteiger partial charge in [0.2, 0.25) is 0 Å². The highest BCUT2D eigenvalue weighted by Crippen LogP contribution is 2.38. The van der Waals surface area contributed by atoms with Crippen molar-refractivity contribution >= 4 is 21.6 Å². The Balaban J connectivity index is 1.65. The standard InChI is InChI=1S/C25H26N2O5S/c1-17-9-14-22-23(15-17)32-24(25(28)26-18(2)19-7-5-4-6-8-19)16-27(22)33(29,30)21-12-10-20(31-3)11-13-21/h4-15,18,24H,16H2,1-3H3,(H,26,28)/t18-,24+/m0/s1. The van der Waals surface area contributed by atoms with Gasteiger partial charge < -0.3 is 14.8 Å². The van der Waals surface area contributed by atoms with E-state index in [2.05, 4.69) is 5.32 Å². The Hall–Kier alpha value is -3.52. The quantitative estimate of drug-likeness (QED) is 0.597. The molecule has 1 heterocycles. The summed E-state index contributed by atoms with van der Waals surface area (Å²) in [7, 11) is -2.42. The lowest BCUT2D eigenvalue weighted by Crippen LogP contribution is -2.51. The number of hydrogen-bond donors (Lipinski definition) is 1. The molecular weight excluding hydrogens is 440 g/mol. The fraction of sp³-hybridized carbons (Fsp3) is 0.240. The molecule has 1 N–H and O–H groups in total. The van der Waals surface area contributed by atoms with Crippen LogP contribution in [0.25, 0.3) is 0 Å². The van der Waals surface area contributed by atoms with Crippen LogP contribution in [-0.4, -0.2) is 34.1 Å². The van der Waals surface area contributed by atoms with Gasteiger partial charge >= 0.3 is 0 Å². The molecule has 4 rings (SSSR count). The van der Waals surface area contributed by atoms with E-state index in [-0.39, 0.29) is 23.4 Å². The zero-order valence-corrected chi connectivity index (χ0v) is 19.5. The first-order valence-corrected chi connectivity index (χ1v) is 12.0. The van der Waals surface area contributed by atoms with E-state index < -0.39 is 16.1 Å². The summed E-state index contributed by atoms with van der Waals surface area (Å²) in [6, 6.07) is 20.7. The second-order valence-electron chi connectivity index (χ2n) is 7.93. The molecular formula is C25H26N2O5S. The van der Waals surface area contributed by atoms with Crippen molar-refractivity contribution in [3.05, 3.63) is 83.9 Å². The average Bonchev–Trinajstić information content (AvgIpc) is 2.83. The number of carbonyl (C=O) groups excluding carboxylic acids is 1. The summed E-state index contributed by atoms with van der Waals surface area (Å²) < 4.78 is 39.4. The number of amides is 1. The Morgan fingerprint density at radius 1 is 1.09 bits per heavy atom. The number of hydrogen-bond acceptors (Lipinski definition) is 5. The third-order valence-corrected chi connectivity index (χ3v) is 7.38. The molecule has 0 saturated heterocycles. The van der Waals surface area contributed by atoms with Crippen molar-refractivity contribution in [2.75, 3.05) is 18.0 Å². The first kappa shape index (κ1) is 22.7. The van der Waals surface area contributed by atoms with Crippen LogP contribution in [0.1, 0.15) is 24.1 Å². The Bertz CT molecular complexity index is 1240. The minimum atomic E-state index is -3.94. The maximum Gasteiger partial charge on any atom is 0.264 e. The number of nitrogens with one attached hydrogen (secondary N) is 1. The number of fused-ring (bicyclic) bond motifs is 1. The molecule has 0 saturated carbocycles. The van der Waals surface area contributed by atoms with Gasteiger partial charge in [-0.3, -0.25) is 9.10 Å². The van der Waals surface area contributed by atoms with E-state index in [1.165, 1.54) is 23.5 Å². The first-order chi connectivity index (χ1) is 15.8. The average molecular weight is 467 g/mol. The third kappa shape index (κ3) is 4.66. The summed E-state index contributed by atoms with van der Waals surface area (Å²) in [5, 5.41) is 2.94. The first-order valence-electron chi connectivity index (χ1n) is 10.6. The number of nitrogens with zero attached hydrogens (tertiary/aromatic N) is 1. The summed E-state index contributed by atoms with van der Waals surface area (Å²) in [6.07, 6.45) is -1.00. The van der Waals surface area contributed by atoms with Crippen LogP contribution in [-0.2, 0) is 14.8 Å². The van der Waals surface area contributed by atoms with Crippen molar-refractivity contribution in [1.29, 1.82) is 0 Å². The predicted molar refractivity (Wildman–Crippen MR) is 126 cm³/mol. The van der Waals surface area contributed by atoms with E-state index in [1.807, 2.05) is 50.2 Å². The fourth-order valence-electron chi connectivity index (χ4n) is 3.73. The van der Waals surface area contributed by atoms with E-state index in [9.17, 15) is 13.2 Å². The minimum Gasteiger partial charge on any atom is -0.497 e. The van der Waals surface area contributed by atoms with Crippen LogP contribution in [0.15, 0.2) is 77.7 Å². The molecule has 33 heavy (non-hydrogen) atoms. The van der Waals surface area contributed by atoms with Gasteiger partial charge in [0.25, 0.3) is 15.9 Å². The monoisotopic (exact) mass is 466 g/mol. The van der Waals surface area contributed by atoms with Crippen molar-refractivity contribution < 1.29 is 22.7 Å². The van der Waals surface area contributed by atoms with E-state index in [0.717, 1.165) is 11.1 Å². The fourth-order valence-corrected chi connectivity index (χ4v) is 5.21. The Morgan fingerprint density at radius 3 is 2.45 bits per heavy atom. The zero-order valence-electron chi connectivity index (χ0n) is 18.7. The molecule has 2 atom stereocenters. The van der Waals surface area contributed by atoms with Crippen LogP contribution in [0.4, 0.5) is 5.69 Å². The number of ether oxygens (including phenoxy) is 2. The van der Waals surface area contributed by atoms with Crippen LogP contribution < -0.4 is 19.1 Å². The van der Waals surface area contributed by atoms with Crippen LogP contribution in [0.3, 0.4) is 0 Å². The van der Waals surface area contributed by atoms with Gasteiger partial charge in [-0.25, -0.2) is 8.42 Å². The number of rotatable bonds is 6. The molecule has 3 aromatic rings. The maximum atomic E-state index is 13.5. The molecule has 7 nitrogen and oxygen atoms in total. The van der Waals surface area contributed by atoms with Crippen LogP contribution in [0, 0.1) is 6.92 Å². The van der Waals surface area contributed by atoms with E-state index in [0.29, 0.717) is 17.2 Å². The molecule has 3 aromatic carbocycles. The predicted octanol–water partition coefficient (Wildman–Crippen LogP) is 3.84. The molecule has 1 aliphatic heterocycles. The Morgan fingerprint density at radius 2 is 1.79 bits per heavy atom. The third-order valence-electron chi connectivity index (χ3n) is 5.58. The van der Waals surface area contributed by atoms with Gasteiger partial charge in [-0.2, -0.15) is 0 Å². The highest BCUT2D eigenvalue weighted by molar-refractivity contribution is 7.92. The zero-order chi connectivity index (χ0) is 23.6. The molecule has 0 aliphatic carbocycles. The molecule has 1 aliphatic rings. The molecule has 8 heteroatoms. The van der Waals surface area contributed by atoms with Crippen molar-refractivity contribution in [3.63, 3.8) is 0 Å². The molecule has 0 radical (unpaired) electrons. The molecule has 172 valence electrons. The van der Waals surface area contributed by atoms with Gasteiger partial charge in [-0.15, -0.1) is 0 Å². The van der Waals surface area contributed by atoms with Gasteiger partial charge in [0.1, 0.15) is 11.5 Å². The molecule has 1 amide bonds. The maximum absolute atomic E-state index is 13.5.